The molecule has 14 nitrogen and oxygen atoms in total. The number of hydrogen-bond acceptors (Lipinski definition) is 10. The minimum Gasteiger partial charge on any atom is -0.496 e. The topological polar surface area (TPSA) is 181 Å². The maximum atomic E-state index is 12.3. The first-order valence-electron chi connectivity index (χ1n) is 20.5. The molecule has 5 heterocycles. The molecule has 4 aromatic carbocycles. The van der Waals surface area contributed by atoms with E-state index in [4.69, 9.17) is 28.9 Å². The second-order valence-electron chi connectivity index (χ2n) is 14.6. The Morgan fingerprint density at radius 2 is 0.812 bits per heavy atom. The first kappa shape index (κ1) is 40.9. The van der Waals surface area contributed by atoms with E-state index in [-0.39, 0.29) is 11.4 Å². The number of rotatable bonds is 12. The van der Waals surface area contributed by atoms with Crippen LogP contribution in [0, 0.1) is 20.2 Å². The van der Waals surface area contributed by atoms with Gasteiger partial charge in [0.1, 0.15) is 23.0 Å². The number of nitrogens with zero attached hydrogens (tertiary/aromatic N) is 4. The van der Waals surface area contributed by atoms with Crippen LogP contribution < -0.4 is 18.9 Å². The van der Waals surface area contributed by atoms with E-state index in [1.165, 1.54) is 24.3 Å². The lowest BCUT2D eigenvalue weighted by molar-refractivity contribution is -0.385. The molecule has 64 heavy (non-hydrogen) atoms. The Labute approximate surface area is 366 Å². The van der Waals surface area contributed by atoms with Gasteiger partial charge in [-0.15, -0.1) is 0 Å². The van der Waals surface area contributed by atoms with Crippen LogP contribution in [0.5, 0.6) is 23.0 Å². The highest BCUT2D eigenvalue weighted by atomic mass is 16.6. The van der Waals surface area contributed by atoms with Gasteiger partial charge in [0.05, 0.1) is 60.1 Å². The number of non-ortho nitro benzene ring substituents is 2. The highest BCUT2D eigenvalue weighted by molar-refractivity contribution is 6.02. The van der Waals surface area contributed by atoms with Crippen molar-refractivity contribution in [2.24, 2.45) is 0 Å². The second kappa shape index (κ2) is 17.1. The molecule has 2 N–H and O–H groups in total. The number of methoxy groups -OCH3 is 2. The molecule has 0 unspecified atom stereocenters. The van der Waals surface area contributed by atoms with Crippen molar-refractivity contribution in [3.63, 3.8) is 0 Å². The summed E-state index contributed by atoms with van der Waals surface area (Å²) in [5.74, 6) is 2.05. The molecule has 2 aliphatic heterocycles. The molecule has 2 aliphatic rings. The lowest BCUT2D eigenvalue weighted by atomic mass is 10.0. The van der Waals surface area contributed by atoms with Gasteiger partial charge in [0.15, 0.2) is 0 Å². The van der Waals surface area contributed by atoms with Crippen LogP contribution in [0.4, 0.5) is 11.4 Å². The van der Waals surface area contributed by atoms with Crippen molar-refractivity contribution in [3.8, 4) is 67.5 Å². The average molecular weight is 853 g/mol. The molecule has 0 radical (unpaired) electrons. The van der Waals surface area contributed by atoms with Crippen molar-refractivity contribution >= 4 is 57.7 Å². The van der Waals surface area contributed by atoms with Crippen molar-refractivity contribution in [3.05, 3.63) is 152 Å². The first-order chi connectivity index (χ1) is 31.2. The SMILES string of the molecule is CCOc1ccc([N+](=O)[O-])cc1-c1c2nc(c(-c3ccccc3OC)c3ccc([nH]3)c(-c3ccccc3OC)c3nc(c(-c4cc([N+](=O)[O-])ccc4OCC)c4ccc1[nH]4)C=C3)C=C2. The maximum Gasteiger partial charge on any atom is 0.270 e. The summed E-state index contributed by atoms with van der Waals surface area (Å²) in [6.07, 6.45) is 7.54. The van der Waals surface area contributed by atoms with Gasteiger partial charge in [0, 0.05) is 90.8 Å². The molecule has 7 aromatic rings. The van der Waals surface area contributed by atoms with Crippen LogP contribution in [0.15, 0.2) is 109 Å². The van der Waals surface area contributed by atoms with Crippen LogP contribution in [0.3, 0.4) is 0 Å². The normalized spacial score (nSPS) is 11.7. The quantitative estimate of drug-likeness (QED) is 0.0886. The van der Waals surface area contributed by atoms with Crippen molar-refractivity contribution < 1.29 is 28.8 Å². The standard InChI is InChI=1S/C50H40N6O8/c1-5-63-45-25-15-29(55(57)58)27-33(45)49-39-21-19-37(52-39)47(31-11-7-9-13-43(31)61-3)35-17-18-36(51-35)48(32-12-8-10-14-44(32)62-4)38-20-22-40(53-38)50(42-24-23-41(49)54-42)34-28-30(56(59)60)16-26-46(34)64-6-2/h7-28,51,54H,5-6H2,1-4H3. The molecule has 0 fully saturated rings. The number of H-pyrrole nitrogens is 2. The van der Waals surface area contributed by atoms with Gasteiger partial charge in [-0.1, -0.05) is 36.4 Å². The first-order valence-corrected chi connectivity index (χ1v) is 20.5. The Bertz CT molecular complexity index is 3050. The monoisotopic (exact) mass is 852 g/mol. The number of nitro groups is 2. The molecule has 9 rings (SSSR count). The van der Waals surface area contributed by atoms with Crippen molar-refractivity contribution in [2.45, 2.75) is 13.8 Å². The molecular weight excluding hydrogens is 813 g/mol. The van der Waals surface area contributed by atoms with Gasteiger partial charge in [0.25, 0.3) is 11.4 Å². The fourth-order valence-corrected chi connectivity index (χ4v) is 8.26. The Balaban J connectivity index is 1.52. The molecule has 8 bridgehead atoms. The number of aromatic nitrogens is 4. The summed E-state index contributed by atoms with van der Waals surface area (Å²) in [7, 11) is 3.24. The van der Waals surface area contributed by atoms with E-state index < -0.39 is 9.85 Å². The summed E-state index contributed by atoms with van der Waals surface area (Å²) in [5, 5.41) is 24.6. The molecule has 0 atom stereocenters. The lowest BCUT2D eigenvalue weighted by Crippen LogP contribution is -1.98. The van der Waals surface area contributed by atoms with Crippen LogP contribution in [0.2, 0.25) is 0 Å². The van der Waals surface area contributed by atoms with Crippen molar-refractivity contribution in [2.75, 3.05) is 27.4 Å². The summed E-state index contributed by atoms with van der Waals surface area (Å²) < 4.78 is 24.1. The number of aromatic amines is 2. The third-order valence-corrected chi connectivity index (χ3v) is 11.0. The number of para-hydroxylation sites is 2. The van der Waals surface area contributed by atoms with Gasteiger partial charge in [-0.2, -0.15) is 0 Å². The van der Waals surface area contributed by atoms with Crippen molar-refractivity contribution in [1.82, 2.24) is 19.9 Å². The van der Waals surface area contributed by atoms with E-state index in [2.05, 4.69) is 9.97 Å². The number of fused-ring (bicyclic) bond motifs is 8. The van der Waals surface area contributed by atoms with Gasteiger partial charge in [-0.3, -0.25) is 20.2 Å². The molecule has 3 aromatic heterocycles. The maximum absolute atomic E-state index is 12.3. The Kier molecular flexibility index (Phi) is 10.9. The third kappa shape index (κ3) is 7.36. The van der Waals surface area contributed by atoms with Crippen LogP contribution in [-0.4, -0.2) is 57.2 Å². The van der Waals surface area contributed by atoms with E-state index in [9.17, 15) is 20.2 Å². The highest BCUT2D eigenvalue weighted by Gasteiger charge is 2.25. The number of hydrogen-bond donors (Lipinski definition) is 2. The van der Waals surface area contributed by atoms with E-state index in [0.717, 1.165) is 33.3 Å². The summed E-state index contributed by atoms with van der Waals surface area (Å²) in [6, 6.07) is 32.0. The predicted octanol–water partition coefficient (Wildman–Crippen LogP) is 12.0. The smallest absolute Gasteiger partial charge is 0.270 e. The largest absolute Gasteiger partial charge is 0.496 e. The van der Waals surface area contributed by atoms with Gasteiger partial charge >= 0.3 is 0 Å². The van der Waals surface area contributed by atoms with Gasteiger partial charge < -0.3 is 28.9 Å². The summed E-state index contributed by atoms with van der Waals surface area (Å²) in [5.41, 5.74) is 9.23. The number of benzene rings is 4. The summed E-state index contributed by atoms with van der Waals surface area (Å²) in [4.78, 5) is 41.6. The van der Waals surface area contributed by atoms with Crippen LogP contribution in [0.25, 0.3) is 90.9 Å². The second-order valence-corrected chi connectivity index (χ2v) is 14.6. The molecule has 0 aliphatic carbocycles. The molecule has 0 saturated carbocycles. The zero-order valence-corrected chi connectivity index (χ0v) is 35.2. The molecule has 0 amide bonds. The number of nitrogens with one attached hydrogen (secondary N) is 2. The van der Waals surface area contributed by atoms with E-state index in [1.807, 2.05) is 111 Å². The molecule has 14 heteroatoms. The Morgan fingerprint density at radius 3 is 1.14 bits per heavy atom. The van der Waals surface area contributed by atoms with Crippen LogP contribution in [-0.2, 0) is 0 Å². The van der Waals surface area contributed by atoms with Crippen LogP contribution >= 0.6 is 0 Å². The van der Waals surface area contributed by atoms with Gasteiger partial charge in [-0.25, -0.2) is 9.97 Å². The lowest BCUT2D eigenvalue weighted by Gasteiger charge is -2.13. The Morgan fingerprint density at radius 1 is 0.469 bits per heavy atom. The van der Waals surface area contributed by atoms with E-state index in [0.29, 0.717) is 92.3 Å². The van der Waals surface area contributed by atoms with Gasteiger partial charge in [0.2, 0.25) is 0 Å². The minimum absolute atomic E-state index is 0.141. The minimum atomic E-state index is -0.450. The summed E-state index contributed by atoms with van der Waals surface area (Å²) >= 11 is 0. The molecular formula is C50H40N6O8. The average Bonchev–Trinajstić information content (AvgIpc) is 4.16. The van der Waals surface area contributed by atoms with Crippen LogP contribution in [0.1, 0.15) is 36.6 Å². The third-order valence-electron chi connectivity index (χ3n) is 11.0. The predicted molar refractivity (Wildman–Crippen MR) is 249 cm³/mol. The zero-order valence-electron chi connectivity index (χ0n) is 35.2. The van der Waals surface area contributed by atoms with Crippen molar-refractivity contribution in [1.29, 1.82) is 0 Å². The number of ether oxygens (including phenoxy) is 4. The fourth-order valence-electron chi connectivity index (χ4n) is 8.26. The molecule has 0 spiro atoms. The molecule has 318 valence electrons. The Hall–Kier alpha value is -8.52. The zero-order chi connectivity index (χ0) is 44.5. The molecule has 0 saturated heterocycles. The highest BCUT2D eigenvalue weighted by Crippen LogP contribution is 2.45. The van der Waals surface area contributed by atoms with E-state index in [1.54, 1.807) is 26.4 Å². The fraction of sp³-hybridized carbons (Fsp3) is 0.120. The van der Waals surface area contributed by atoms with Gasteiger partial charge in [-0.05, 0) is 86.7 Å². The summed E-state index contributed by atoms with van der Waals surface area (Å²) in [6.45, 7) is 4.26. The van der Waals surface area contributed by atoms with E-state index >= 15 is 0 Å². The number of nitro benzene ring substituents is 2.